The average Bonchev–Trinajstić information content (AvgIpc) is 3.35. The van der Waals surface area contributed by atoms with Crippen molar-refractivity contribution < 1.29 is 28.6 Å². The summed E-state index contributed by atoms with van der Waals surface area (Å²) in [6, 6.07) is 1.65. The van der Waals surface area contributed by atoms with Gasteiger partial charge in [-0.05, 0) is 60.3 Å². The molecule has 7 atom stereocenters. The summed E-state index contributed by atoms with van der Waals surface area (Å²) in [6.45, 7) is 11.6. The Balaban J connectivity index is 1.71. The van der Waals surface area contributed by atoms with Gasteiger partial charge in [0.05, 0.1) is 12.5 Å². The van der Waals surface area contributed by atoms with E-state index in [2.05, 4.69) is 19.9 Å². The number of rotatable bonds is 2. The molecule has 0 spiro atoms. The lowest BCUT2D eigenvalue weighted by Crippen LogP contribution is -2.65. The molecular weight excluding hydrogens is 432 g/mol. The summed E-state index contributed by atoms with van der Waals surface area (Å²) in [4.78, 5) is 38.7. The van der Waals surface area contributed by atoms with E-state index in [0.717, 1.165) is 12.0 Å². The molecule has 1 aromatic heterocycles. The van der Waals surface area contributed by atoms with E-state index >= 15 is 0 Å². The second kappa shape index (κ2) is 6.81. The van der Waals surface area contributed by atoms with Crippen molar-refractivity contribution in [3.63, 3.8) is 0 Å². The Morgan fingerprint density at radius 1 is 1.12 bits per heavy atom. The van der Waals surface area contributed by atoms with Gasteiger partial charge in [0.2, 0.25) is 0 Å². The molecule has 1 aromatic rings. The molecule has 6 nitrogen and oxygen atoms in total. The highest BCUT2D eigenvalue weighted by atomic mass is 16.5. The highest BCUT2D eigenvalue weighted by molar-refractivity contribution is 6.03. The predicted octanol–water partition coefficient (Wildman–Crippen LogP) is 4.52. The number of ketones is 2. The molecule has 0 amide bonds. The number of allylic oxidation sites excluding steroid dienone is 2. The molecule has 0 aliphatic heterocycles. The summed E-state index contributed by atoms with van der Waals surface area (Å²) >= 11 is 0. The third-order valence-electron chi connectivity index (χ3n) is 10.2. The van der Waals surface area contributed by atoms with Gasteiger partial charge in [0.15, 0.2) is 17.2 Å². The van der Waals surface area contributed by atoms with Gasteiger partial charge in [-0.2, -0.15) is 0 Å². The van der Waals surface area contributed by atoms with Gasteiger partial charge in [-0.25, -0.2) is 0 Å². The van der Waals surface area contributed by atoms with Gasteiger partial charge in [0.25, 0.3) is 0 Å². The molecule has 5 rings (SSSR count). The Hall–Kier alpha value is -2.47. The summed E-state index contributed by atoms with van der Waals surface area (Å²) in [5.41, 5.74) is -2.94. The minimum absolute atomic E-state index is 0.0188. The van der Waals surface area contributed by atoms with E-state index in [1.807, 2.05) is 20.8 Å². The number of furan rings is 1. The van der Waals surface area contributed by atoms with Crippen molar-refractivity contribution in [1.82, 2.24) is 0 Å². The van der Waals surface area contributed by atoms with Crippen LogP contribution in [0.5, 0.6) is 0 Å². The van der Waals surface area contributed by atoms with Gasteiger partial charge < -0.3 is 14.3 Å². The van der Waals surface area contributed by atoms with Crippen LogP contribution in [0.25, 0.3) is 0 Å². The van der Waals surface area contributed by atoms with Crippen molar-refractivity contribution in [3.8, 4) is 0 Å². The molecule has 0 saturated heterocycles. The molecule has 0 radical (unpaired) electrons. The fraction of sp³-hybridized carbons (Fsp3) is 0.607. The van der Waals surface area contributed by atoms with Crippen LogP contribution in [0.1, 0.15) is 66.4 Å². The smallest absolute Gasteiger partial charge is 0.302 e. The van der Waals surface area contributed by atoms with E-state index in [4.69, 9.17) is 9.15 Å². The summed E-state index contributed by atoms with van der Waals surface area (Å²) in [7, 11) is 0. The zero-order valence-corrected chi connectivity index (χ0v) is 20.8. The quantitative estimate of drug-likeness (QED) is 0.644. The zero-order valence-electron chi connectivity index (χ0n) is 20.8. The van der Waals surface area contributed by atoms with Crippen LogP contribution in [0.4, 0.5) is 0 Å². The number of carbonyl (C=O) groups excluding carboxylic acids is 3. The molecule has 34 heavy (non-hydrogen) atoms. The maximum atomic E-state index is 13.5. The number of carbonyl (C=O) groups is 3. The van der Waals surface area contributed by atoms with E-state index in [1.54, 1.807) is 18.2 Å². The topological polar surface area (TPSA) is 93.8 Å². The summed E-state index contributed by atoms with van der Waals surface area (Å²) in [6.07, 6.45) is 9.58. The van der Waals surface area contributed by atoms with Gasteiger partial charge in [0, 0.05) is 28.7 Å². The van der Waals surface area contributed by atoms with Crippen LogP contribution < -0.4 is 0 Å². The van der Waals surface area contributed by atoms with Gasteiger partial charge >= 0.3 is 5.97 Å². The van der Waals surface area contributed by atoms with Crippen LogP contribution in [0.15, 0.2) is 46.8 Å². The minimum atomic E-state index is -1.74. The second-order valence-corrected chi connectivity index (χ2v) is 12.0. The van der Waals surface area contributed by atoms with Gasteiger partial charge in [-0.3, -0.25) is 14.4 Å². The molecule has 1 unspecified atom stereocenters. The molecule has 1 N–H and O–H groups in total. The van der Waals surface area contributed by atoms with Crippen molar-refractivity contribution in [2.24, 2.45) is 33.5 Å². The van der Waals surface area contributed by atoms with Gasteiger partial charge in [-0.1, -0.05) is 40.7 Å². The summed E-state index contributed by atoms with van der Waals surface area (Å²) in [5.74, 6) is -0.658. The Bertz CT molecular complexity index is 1140. The van der Waals surface area contributed by atoms with E-state index < -0.39 is 27.9 Å². The van der Waals surface area contributed by atoms with E-state index in [0.29, 0.717) is 18.4 Å². The van der Waals surface area contributed by atoms with Crippen LogP contribution in [0, 0.1) is 33.5 Å². The van der Waals surface area contributed by atoms with E-state index in [1.165, 1.54) is 19.5 Å². The van der Waals surface area contributed by atoms with Crippen LogP contribution in [0.2, 0.25) is 0 Å². The number of esters is 1. The predicted molar refractivity (Wildman–Crippen MR) is 124 cm³/mol. The Morgan fingerprint density at radius 3 is 2.44 bits per heavy atom. The zero-order chi connectivity index (χ0) is 24.9. The molecule has 0 bridgehead atoms. The van der Waals surface area contributed by atoms with Crippen LogP contribution >= 0.6 is 0 Å². The lowest BCUT2D eigenvalue weighted by Gasteiger charge is -2.66. The SMILES string of the molecule is CC(=O)O[C@@H]1C[C@H]2C(C)(C)C(=O)C=C[C@]2(C)[C@H]2CC[C@]3(C)C(=CC(=O)[C@@]3(O)c3ccoc3)C12C. The van der Waals surface area contributed by atoms with Crippen LogP contribution in [-0.2, 0) is 24.7 Å². The number of aliphatic hydroxyl groups is 1. The largest absolute Gasteiger partial charge is 0.472 e. The first-order chi connectivity index (χ1) is 15.7. The lowest BCUT2D eigenvalue weighted by atomic mass is 9.38. The number of hydrogen-bond acceptors (Lipinski definition) is 6. The first-order valence-electron chi connectivity index (χ1n) is 12.2. The number of fused-ring (bicyclic) bond motifs is 5. The van der Waals surface area contributed by atoms with Crippen molar-refractivity contribution >= 4 is 17.5 Å². The normalized spacial score (nSPS) is 44.7. The standard InChI is InChI=1S/C28H34O6/c1-16(29)34-23-14-19-24(2,3)21(30)8-10-25(19,4)18-7-11-26(5)20(27(18,23)6)13-22(31)28(26,32)17-9-12-33-15-17/h8-10,12-13,15,18-19,23,32H,7,11,14H2,1-6H3/t18-,19+,23-,25-,26-,27?,28+/m1/s1. The van der Waals surface area contributed by atoms with Crippen molar-refractivity contribution in [2.75, 3.05) is 0 Å². The first kappa shape index (κ1) is 23.3. The minimum Gasteiger partial charge on any atom is -0.472 e. The Labute approximate surface area is 200 Å². The molecule has 2 fully saturated rings. The van der Waals surface area contributed by atoms with Crippen LogP contribution in [0.3, 0.4) is 0 Å². The molecule has 6 heteroatoms. The van der Waals surface area contributed by atoms with Crippen molar-refractivity contribution in [1.29, 1.82) is 0 Å². The van der Waals surface area contributed by atoms with Gasteiger partial charge in [0.1, 0.15) is 6.10 Å². The Kier molecular flexibility index (Phi) is 4.66. The lowest BCUT2D eigenvalue weighted by molar-refractivity contribution is -0.194. The third kappa shape index (κ3) is 2.53. The highest BCUT2D eigenvalue weighted by Crippen LogP contribution is 2.73. The monoisotopic (exact) mass is 466 g/mol. The molecule has 182 valence electrons. The third-order valence-corrected chi connectivity index (χ3v) is 10.2. The fourth-order valence-corrected chi connectivity index (χ4v) is 8.41. The Morgan fingerprint density at radius 2 is 1.82 bits per heavy atom. The molecule has 4 aliphatic rings. The molecule has 0 aromatic carbocycles. The van der Waals surface area contributed by atoms with E-state index in [9.17, 15) is 19.5 Å². The van der Waals surface area contributed by atoms with Crippen molar-refractivity contribution in [3.05, 3.63) is 48.0 Å². The maximum absolute atomic E-state index is 13.5. The average molecular weight is 467 g/mol. The number of ether oxygens (including phenoxy) is 1. The number of hydrogen-bond donors (Lipinski definition) is 1. The second-order valence-electron chi connectivity index (χ2n) is 12.0. The van der Waals surface area contributed by atoms with Crippen molar-refractivity contribution in [2.45, 2.75) is 72.5 Å². The molecule has 2 saturated carbocycles. The van der Waals surface area contributed by atoms with Crippen LogP contribution in [-0.4, -0.2) is 28.7 Å². The van der Waals surface area contributed by atoms with Gasteiger partial charge in [-0.15, -0.1) is 0 Å². The fourth-order valence-electron chi connectivity index (χ4n) is 8.41. The molecule has 4 aliphatic carbocycles. The highest BCUT2D eigenvalue weighted by Gasteiger charge is 2.72. The summed E-state index contributed by atoms with van der Waals surface area (Å²) < 4.78 is 11.3. The first-order valence-corrected chi connectivity index (χ1v) is 12.2. The molecule has 1 heterocycles. The maximum Gasteiger partial charge on any atom is 0.302 e. The molecular formula is C28H34O6. The summed E-state index contributed by atoms with van der Waals surface area (Å²) in [5, 5.41) is 11.9. The van der Waals surface area contributed by atoms with E-state index in [-0.39, 0.29) is 34.8 Å².